The van der Waals surface area contributed by atoms with Crippen LogP contribution in [0.5, 0.6) is 0 Å². The quantitative estimate of drug-likeness (QED) is 0.524. The number of alkyl carbamates (subject to hydrolysis) is 1. The van der Waals surface area contributed by atoms with Gasteiger partial charge in [0.05, 0.1) is 11.4 Å². The molecule has 0 fully saturated rings. The molecular weight excluding hydrogens is 440 g/mol. The average molecular weight is 465 g/mol. The fourth-order valence-corrected chi connectivity index (χ4v) is 3.48. The van der Waals surface area contributed by atoms with Crippen molar-refractivity contribution in [1.82, 2.24) is 30.2 Å². The van der Waals surface area contributed by atoms with Crippen LogP contribution >= 0.6 is 23.4 Å². The van der Waals surface area contributed by atoms with Crippen molar-refractivity contribution in [2.75, 3.05) is 0 Å². The van der Waals surface area contributed by atoms with E-state index in [-0.39, 0.29) is 0 Å². The molecule has 0 aliphatic rings. The first-order chi connectivity index (χ1) is 14.4. The van der Waals surface area contributed by atoms with Gasteiger partial charge in [0.25, 0.3) is 0 Å². The number of thioether (sulfide) groups is 1. The van der Waals surface area contributed by atoms with Gasteiger partial charge in [0.1, 0.15) is 17.5 Å². The third kappa shape index (κ3) is 5.98. The van der Waals surface area contributed by atoms with E-state index in [0.29, 0.717) is 27.6 Å². The maximum absolute atomic E-state index is 12.1. The van der Waals surface area contributed by atoms with Crippen LogP contribution < -0.4 is 5.32 Å². The second kappa shape index (κ2) is 8.88. The Labute approximate surface area is 189 Å². The molecule has 0 spiro atoms. The number of halogens is 1. The van der Waals surface area contributed by atoms with E-state index in [0.717, 1.165) is 11.3 Å². The fraction of sp³-hybridized carbons (Fsp3) is 0.450. The van der Waals surface area contributed by atoms with Crippen LogP contribution in [0.2, 0.25) is 5.02 Å². The van der Waals surface area contributed by atoms with Crippen LogP contribution in [0.25, 0.3) is 5.69 Å². The maximum Gasteiger partial charge on any atom is 0.408 e. The number of nitrogens with zero attached hydrogens (tertiary/aromatic N) is 5. The SMILES string of the molecule is Cc1ccc(-n2cnnc2SCc2nc(C(C)(C)NC(=O)OC(C)(C)C)no2)cc1Cl. The van der Waals surface area contributed by atoms with Crippen LogP contribution in [0.4, 0.5) is 4.79 Å². The molecule has 0 aliphatic heterocycles. The first-order valence-electron chi connectivity index (χ1n) is 9.58. The molecule has 0 unspecified atom stereocenters. The zero-order valence-corrected chi connectivity index (χ0v) is 19.8. The summed E-state index contributed by atoms with van der Waals surface area (Å²) in [7, 11) is 0. The topological polar surface area (TPSA) is 108 Å². The monoisotopic (exact) mass is 464 g/mol. The molecule has 1 aromatic carbocycles. The Morgan fingerprint density at radius 1 is 1.29 bits per heavy atom. The van der Waals surface area contributed by atoms with Crippen molar-refractivity contribution in [2.45, 2.75) is 63.6 Å². The maximum atomic E-state index is 12.1. The van der Waals surface area contributed by atoms with Crippen LogP contribution in [0.15, 0.2) is 34.2 Å². The number of hydrogen-bond acceptors (Lipinski definition) is 8. The average Bonchev–Trinajstić information content (AvgIpc) is 3.29. The molecule has 11 heteroatoms. The van der Waals surface area contributed by atoms with Gasteiger partial charge in [0, 0.05) is 5.02 Å². The predicted octanol–water partition coefficient (Wildman–Crippen LogP) is 4.66. The van der Waals surface area contributed by atoms with Crippen LogP contribution in [-0.2, 0) is 16.0 Å². The summed E-state index contributed by atoms with van der Waals surface area (Å²) >= 11 is 7.64. The number of carbonyl (C=O) groups is 1. The van der Waals surface area contributed by atoms with Gasteiger partial charge in [-0.15, -0.1) is 10.2 Å². The first-order valence-corrected chi connectivity index (χ1v) is 10.9. The van der Waals surface area contributed by atoms with Gasteiger partial charge >= 0.3 is 6.09 Å². The highest BCUT2D eigenvalue weighted by atomic mass is 35.5. The molecule has 0 radical (unpaired) electrons. The van der Waals surface area contributed by atoms with E-state index in [1.807, 2.05) is 29.7 Å². The van der Waals surface area contributed by atoms with Gasteiger partial charge in [-0.3, -0.25) is 4.57 Å². The summed E-state index contributed by atoms with van der Waals surface area (Å²) in [5.41, 5.74) is 0.385. The third-order valence-corrected chi connectivity index (χ3v) is 5.45. The summed E-state index contributed by atoms with van der Waals surface area (Å²) < 4.78 is 12.5. The Bertz CT molecular complexity index is 1070. The van der Waals surface area contributed by atoms with Crippen molar-refractivity contribution in [3.8, 4) is 5.69 Å². The normalized spacial score (nSPS) is 12.1. The zero-order valence-electron chi connectivity index (χ0n) is 18.3. The second-order valence-electron chi connectivity index (χ2n) is 8.47. The van der Waals surface area contributed by atoms with Gasteiger partial charge in [-0.2, -0.15) is 4.98 Å². The minimum Gasteiger partial charge on any atom is -0.444 e. The number of rotatable bonds is 6. The van der Waals surface area contributed by atoms with Crippen molar-refractivity contribution >= 4 is 29.5 Å². The molecule has 2 aromatic heterocycles. The Kier molecular flexibility index (Phi) is 6.61. The van der Waals surface area contributed by atoms with Gasteiger partial charge < -0.3 is 14.6 Å². The van der Waals surface area contributed by atoms with Gasteiger partial charge in [-0.25, -0.2) is 4.79 Å². The molecule has 0 aliphatic carbocycles. The van der Waals surface area contributed by atoms with E-state index in [1.165, 1.54) is 11.8 Å². The summed E-state index contributed by atoms with van der Waals surface area (Å²) in [5.74, 6) is 1.13. The Hall–Kier alpha value is -2.59. The summed E-state index contributed by atoms with van der Waals surface area (Å²) in [6.45, 7) is 10.9. The van der Waals surface area contributed by atoms with Crippen LogP contribution in [0, 0.1) is 6.92 Å². The van der Waals surface area contributed by atoms with E-state index in [4.69, 9.17) is 20.9 Å². The molecule has 0 saturated heterocycles. The minimum atomic E-state index is -0.868. The van der Waals surface area contributed by atoms with Crippen molar-refractivity contribution in [3.63, 3.8) is 0 Å². The summed E-state index contributed by atoms with van der Waals surface area (Å²) in [6, 6.07) is 5.75. The van der Waals surface area contributed by atoms with Gasteiger partial charge in [-0.1, -0.05) is 34.6 Å². The number of hydrogen-bond donors (Lipinski definition) is 1. The lowest BCUT2D eigenvalue weighted by atomic mass is 10.1. The number of carbonyl (C=O) groups excluding carboxylic acids is 1. The van der Waals surface area contributed by atoms with Crippen molar-refractivity contribution in [3.05, 3.63) is 46.8 Å². The number of aromatic nitrogens is 5. The Morgan fingerprint density at radius 3 is 2.71 bits per heavy atom. The van der Waals surface area contributed by atoms with E-state index >= 15 is 0 Å². The lowest BCUT2D eigenvalue weighted by Gasteiger charge is -2.26. The smallest absolute Gasteiger partial charge is 0.408 e. The number of benzene rings is 1. The number of amides is 1. The minimum absolute atomic E-state index is 0.348. The standard InChI is InChI=1S/C20H25ClN6O3S/c1-12-7-8-13(9-14(12)21)27-11-22-25-17(27)31-10-15-23-16(26-30-15)20(5,6)24-18(28)29-19(2,3)4/h7-9,11H,10H2,1-6H3,(H,24,28). The van der Waals surface area contributed by atoms with E-state index in [1.54, 1.807) is 40.9 Å². The highest BCUT2D eigenvalue weighted by Gasteiger charge is 2.31. The molecule has 3 rings (SSSR count). The van der Waals surface area contributed by atoms with Crippen LogP contribution in [0.3, 0.4) is 0 Å². The van der Waals surface area contributed by atoms with E-state index in [9.17, 15) is 4.79 Å². The first kappa shape index (κ1) is 23.1. The van der Waals surface area contributed by atoms with Gasteiger partial charge in [0.2, 0.25) is 5.89 Å². The Morgan fingerprint density at radius 2 is 2.03 bits per heavy atom. The second-order valence-corrected chi connectivity index (χ2v) is 9.82. The third-order valence-electron chi connectivity index (χ3n) is 4.12. The van der Waals surface area contributed by atoms with Gasteiger partial charge in [0.15, 0.2) is 11.0 Å². The molecule has 31 heavy (non-hydrogen) atoms. The van der Waals surface area contributed by atoms with E-state index < -0.39 is 17.2 Å². The molecule has 3 aromatic rings. The van der Waals surface area contributed by atoms with Crippen molar-refractivity contribution < 1.29 is 14.1 Å². The zero-order chi connectivity index (χ0) is 22.8. The van der Waals surface area contributed by atoms with Gasteiger partial charge in [-0.05, 0) is 59.2 Å². The number of nitrogens with one attached hydrogen (secondary N) is 1. The van der Waals surface area contributed by atoms with Crippen LogP contribution in [0.1, 0.15) is 51.9 Å². The molecule has 0 bridgehead atoms. The summed E-state index contributed by atoms with van der Waals surface area (Å²) in [6.07, 6.45) is 1.07. The lowest BCUT2D eigenvalue weighted by Crippen LogP contribution is -2.44. The molecule has 1 N–H and O–H groups in total. The fourth-order valence-electron chi connectivity index (χ4n) is 2.54. The molecule has 0 saturated carbocycles. The van der Waals surface area contributed by atoms with Crippen molar-refractivity contribution in [1.29, 1.82) is 0 Å². The number of ether oxygens (including phenoxy) is 1. The molecular formula is C20H25ClN6O3S. The molecule has 0 atom stereocenters. The predicted molar refractivity (Wildman–Crippen MR) is 117 cm³/mol. The van der Waals surface area contributed by atoms with Crippen LogP contribution in [-0.4, -0.2) is 36.6 Å². The lowest BCUT2D eigenvalue weighted by molar-refractivity contribution is 0.0465. The Balaban J connectivity index is 1.67. The highest BCUT2D eigenvalue weighted by molar-refractivity contribution is 7.98. The molecule has 9 nitrogen and oxygen atoms in total. The largest absolute Gasteiger partial charge is 0.444 e. The number of aryl methyl sites for hydroxylation is 1. The molecule has 1 amide bonds. The van der Waals surface area contributed by atoms with E-state index in [2.05, 4.69) is 25.7 Å². The molecule has 166 valence electrons. The van der Waals surface area contributed by atoms with Crippen molar-refractivity contribution in [2.24, 2.45) is 0 Å². The summed E-state index contributed by atoms with van der Waals surface area (Å²) in [5, 5.41) is 16.2. The summed E-state index contributed by atoms with van der Waals surface area (Å²) in [4.78, 5) is 16.5. The highest BCUT2D eigenvalue weighted by Crippen LogP contribution is 2.26. The molecule has 2 heterocycles.